The zero-order chi connectivity index (χ0) is 16.0. The van der Waals surface area contributed by atoms with Crippen LogP contribution in [0.1, 0.15) is 33.6 Å². The van der Waals surface area contributed by atoms with Crippen molar-refractivity contribution < 1.29 is 24.2 Å². The molecule has 22 heavy (non-hydrogen) atoms. The normalized spacial score (nSPS) is 48.5. The monoisotopic (exact) mass is 304 g/mol. The van der Waals surface area contributed by atoms with Gasteiger partial charge in [-0.2, -0.15) is 0 Å². The molecule has 5 heteroatoms. The van der Waals surface area contributed by atoms with Crippen LogP contribution < -0.4 is 0 Å². The third-order valence-corrected chi connectivity index (χ3v) is 6.12. The van der Waals surface area contributed by atoms with E-state index in [4.69, 9.17) is 9.47 Å². The predicted octanol–water partition coefficient (Wildman–Crippen LogP) is 1.71. The summed E-state index contributed by atoms with van der Waals surface area (Å²) in [5, 5.41) is 10.9. The molecule has 4 aliphatic rings. The van der Waals surface area contributed by atoms with E-state index in [0.29, 0.717) is 29.4 Å². The molecule has 0 radical (unpaired) electrons. The zero-order valence-corrected chi connectivity index (χ0v) is 13.0. The van der Waals surface area contributed by atoms with Gasteiger partial charge >= 0.3 is 11.9 Å². The lowest BCUT2D eigenvalue weighted by Gasteiger charge is -2.49. The van der Waals surface area contributed by atoms with Crippen LogP contribution in [0.5, 0.6) is 0 Å². The first kappa shape index (κ1) is 14.0. The Morgan fingerprint density at radius 3 is 2.82 bits per heavy atom. The van der Waals surface area contributed by atoms with Gasteiger partial charge in [0.15, 0.2) is 0 Å². The quantitative estimate of drug-likeness (QED) is 0.590. The van der Waals surface area contributed by atoms with E-state index in [2.05, 4.69) is 13.5 Å². The predicted molar refractivity (Wildman–Crippen MR) is 76.2 cm³/mol. The molecular formula is C17H20O5. The Hall–Kier alpha value is -1.62. The van der Waals surface area contributed by atoms with E-state index >= 15 is 0 Å². The maximum absolute atomic E-state index is 12.0. The first-order chi connectivity index (χ1) is 10.2. The average Bonchev–Trinajstić information content (AvgIpc) is 3.08. The van der Waals surface area contributed by atoms with Crippen molar-refractivity contribution >= 4 is 11.9 Å². The van der Waals surface area contributed by atoms with E-state index in [-0.39, 0.29) is 11.3 Å². The van der Waals surface area contributed by atoms with Crippen LogP contribution in [0.2, 0.25) is 0 Å². The topological polar surface area (TPSA) is 72.8 Å². The van der Waals surface area contributed by atoms with Crippen LogP contribution in [0.3, 0.4) is 0 Å². The second kappa shape index (κ2) is 3.82. The Bertz CT molecular complexity index is 662. The van der Waals surface area contributed by atoms with Gasteiger partial charge in [0.2, 0.25) is 5.79 Å². The largest absolute Gasteiger partial charge is 0.457 e. The summed E-state index contributed by atoms with van der Waals surface area (Å²) in [7, 11) is 0. The van der Waals surface area contributed by atoms with Crippen molar-refractivity contribution in [3.05, 3.63) is 23.3 Å². The number of ether oxygens (including phenoxy) is 2. The summed E-state index contributed by atoms with van der Waals surface area (Å²) in [5.74, 6) is -1.80. The summed E-state index contributed by atoms with van der Waals surface area (Å²) < 4.78 is 10.8. The van der Waals surface area contributed by atoms with Gasteiger partial charge in [0.25, 0.3) is 0 Å². The highest BCUT2D eigenvalue weighted by molar-refractivity contribution is 5.92. The molecule has 0 amide bonds. The van der Waals surface area contributed by atoms with E-state index in [0.717, 1.165) is 12.0 Å². The van der Waals surface area contributed by atoms with Crippen molar-refractivity contribution in [3.63, 3.8) is 0 Å². The molecule has 0 saturated heterocycles. The van der Waals surface area contributed by atoms with Crippen LogP contribution in [0.15, 0.2) is 23.3 Å². The van der Waals surface area contributed by atoms with Crippen molar-refractivity contribution in [2.24, 2.45) is 23.2 Å². The highest BCUT2D eigenvalue weighted by Crippen LogP contribution is 2.73. The van der Waals surface area contributed by atoms with Crippen LogP contribution in [-0.2, 0) is 19.1 Å². The summed E-state index contributed by atoms with van der Waals surface area (Å²) in [6, 6.07) is 0. The highest BCUT2D eigenvalue weighted by Gasteiger charge is 2.72. The molecule has 4 rings (SSSR count). The molecule has 6 atom stereocenters. The summed E-state index contributed by atoms with van der Waals surface area (Å²) in [6.07, 6.45) is 0.745. The fraction of sp³-hybridized carbons (Fsp3) is 0.647. The molecular weight excluding hydrogens is 284 g/mol. The minimum atomic E-state index is -1.65. The number of hydrogen-bond acceptors (Lipinski definition) is 5. The number of esters is 2. The van der Waals surface area contributed by atoms with Gasteiger partial charge in [0.1, 0.15) is 6.10 Å². The lowest BCUT2D eigenvalue weighted by atomic mass is 9.60. The van der Waals surface area contributed by atoms with E-state index in [1.807, 2.05) is 0 Å². The molecule has 1 aliphatic heterocycles. The smallest absolute Gasteiger partial charge is 0.336 e. The maximum Gasteiger partial charge on any atom is 0.336 e. The van der Waals surface area contributed by atoms with Gasteiger partial charge in [-0.05, 0) is 30.6 Å². The van der Waals surface area contributed by atoms with E-state index in [1.165, 1.54) is 6.92 Å². The number of aliphatic hydroxyl groups is 1. The van der Waals surface area contributed by atoms with Crippen LogP contribution in [-0.4, -0.2) is 28.9 Å². The minimum Gasteiger partial charge on any atom is -0.457 e. The summed E-state index contributed by atoms with van der Waals surface area (Å²) >= 11 is 0. The Morgan fingerprint density at radius 2 is 2.18 bits per heavy atom. The molecule has 3 fully saturated rings. The van der Waals surface area contributed by atoms with E-state index in [9.17, 15) is 14.7 Å². The number of carbonyl (C=O) groups excluding carboxylic acids is 2. The molecule has 0 aromatic carbocycles. The first-order valence-electron chi connectivity index (χ1n) is 7.72. The standard InChI is InChI=1S/C17H20O5/c1-7-10-5-11(10)16(4)6-17(20)13(8(2)15(19)22-17)14(12(7)16)21-9(3)18/h10-12,14,20H,1,5-6H2,2-4H3/t10-,11-,12-,14-,16+,17?/m1/s1. The van der Waals surface area contributed by atoms with Gasteiger partial charge in [-0.25, -0.2) is 4.79 Å². The molecule has 1 unspecified atom stereocenters. The van der Waals surface area contributed by atoms with Crippen molar-refractivity contribution in [1.82, 2.24) is 0 Å². The second-order valence-electron chi connectivity index (χ2n) is 7.43. The average molecular weight is 304 g/mol. The molecule has 3 saturated carbocycles. The van der Waals surface area contributed by atoms with Crippen molar-refractivity contribution in [2.75, 3.05) is 0 Å². The second-order valence-corrected chi connectivity index (χ2v) is 7.43. The Morgan fingerprint density at radius 1 is 1.50 bits per heavy atom. The summed E-state index contributed by atoms with van der Waals surface area (Å²) in [6.45, 7) is 9.28. The highest BCUT2D eigenvalue weighted by atomic mass is 16.7. The molecule has 1 heterocycles. The zero-order valence-electron chi connectivity index (χ0n) is 13.0. The third-order valence-electron chi connectivity index (χ3n) is 6.12. The number of carbonyl (C=O) groups is 2. The molecule has 5 nitrogen and oxygen atoms in total. The SMILES string of the molecule is C=C1[C@H]2C[C@H]2[C@]2(C)CC3(O)OC(=O)C(C)=C3[C@H](OC(C)=O)[C@@H]12. The van der Waals surface area contributed by atoms with Crippen LogP contribution in [0, 0.1) is 23.2 Å². The Balaban J connectivity index is 1.88. The maximum atomic E-state index is 12.0. The van der Waals surface area contributed by atoms with Gasteiger partial charge in [0, 0.05) is 24.8 Å². The van der Waals surface area contributed by atoms with E-state index < -0.39 is 23.8 Å². The van der Waals surface area contributed by atoms with Crippen LogP contribution in [0.4, 0.5) is 0 Å². The molecule has 0 aromatic heterocycles. The molecule has 0 spiro atoms. The lowest BCUT2D eigenvalue weighted by Crippen LogP contribution is -2.54. The first-order valence-corrected chi connectivity index (χ1v) is 7.72. The van der Waals surface area contributed by atoms with Crippen molar-refractivity contribution in [2.45, 2.75) is 45.5 Å². The summed E-state index contributed by atoms with van der Waals surface area (Å²) in [4.78, 5) is 23.6. The third kappa shape index (κ3) is 1.47. The lowest BCUT2D eigenvalue weighted by molar-refractivity contribution is -0.214. The summed E-state index contributed by atoms with van der Waals surface area (Å²) in [5.41, 5.74) is 1.59. The van der Waals surface area contributed by atoms with Gasteiger partial charge in [-0.15, -0.1) is 0 Å². The fourth-order valence-electron chi connectivity index (χ4n) is 5.24. The number of hydrogen-bond donors (Lipinski definition) is 1. The van der Waals surface area contributed by atoms with Crippen molar-refractivity contribution in [1.29, 1.82) is 0 Å². The van der Waals surface area contributed by atoms with Crippen LogP contribution in [0.25, 0.3) is 0 Å². The molecule has 118 valence electrons. The minimum absolute atomic E-state index is 0.0557. The van der Waals surface area contributed by atoms with Gasteiger partial charge in [-0.1, -0.05) is 19.1 Å². The van der Waals surface area contributed by atoms with Gasteiger partial charge in [-0.3, -0.25) is 4.79 Å². The molecule has 1 N–H and O–H groups in total. The van der Waals surface area contributed by atoms with Gasteiger partial charge in [0.05, 0.1) is 5.57 Å². The Labute approximate surface area is 129 Å². The van der Waals surface area contributed by atoms with Crippen molar-refractivity contribution in [3.8, 4) is 0 Å². The molecule has 0 aromatic rings. The van der Waals surface area contributed by atoms with Gasteiger partial charge < -0.3 is 14.6 Å². The fourth-order valence-corrected chi connectivity index (χ4v) is 5.24. The molecule has 3 aliphatic carbocycles. The number of fused-ring (bicyclic) bond motifs is 4. The van der Waals surface area contributed by atoms with E-state index in [1.54, 1.807) is 6.92 Å². The Kier molecular flexibility index (Phi) is 2.43. The van der Waals surface area contributed by atoms with Crippen LogP contribution >= 0.6 is 0 Å². The molecule has 0 bridgehead atoms. The number of rotatable bonds is 1.